The summed E-state index contributed by atoms with van der Waals surface area (Å²) < 4.78 is 14.4. The first-order valence-corrected chi connectivity index (χ1v) is 9.92. The van der Waals surface area contributed by atoms with Crippen molar-refractivity contribution in [3.05, 3.63) is 64.7 Å². The van der Waals surface area contributed by atoms with Gasteiger partial charge in [0.05, 0.1) is 10.6 Å². The standard InChI is InChI=1S/C19H24N2OS.C2H6/c1-6-21(23(22)18-12-10-14(2)11-13-18)20-17(5)19-15(3)8-7-9-16(19)4;1-2/h7-13H,6H2,1-5H3;1-2H3/b20-17-;. The number of hydrazone groups is 1. The Morgan fingerprint density at radius 2 is 1.52 bits per heavy atom. The maximum Gasteiger partial charge on any atom is 0.168 e. The van der Waals surface area contributed by atoms with Gasteiger partial charge in [-0.15, -0.1) is 0 Å². The molecule has 0 bridgehead atoms. The molecule has 0 saturated carbocycles. The summed E-state index contributed by atoms with van der Waals surface area (Å²) in [5.74, 6) is 0. The van der Waals surface area contributed by atoms with Crippen LogP contribution in [-0.2, 0) is 11.0 Å². The number of nitrogens with zero attached hydrogens (tertiary/aromatic N) is 2. The van der Waals surface area contributed by atoms with E-state index in [1.807, 2.05) is 65.0 Å². The highest BCUT2D eigenvalue weighted by atomic mass is 32.2. The lowest BCUT2D eigenvalue weighted by Crippen LogP contribution is -2.22. The van der Waals surface area contributed by atoms with Gasteiger partial charge in [-0.25, -0.2) is 8.62 Å². The summed E-state index contributed by atoms with van der Waals surface area (Å²) in [7, 11) is -1.29. The predicted molar refractivity (Wildman–Crippen MR) is 109 cm³/mol. The average molecular weight is 359 g/mol. The van der Waals surface area contributed by atoms with E-state index in [9.17, 15) is 4.21 Å². The largest absolute Gasteiger partial charge is 0.230 e. The molecular weight excluding hydrogens is 328 g/mol. The second kappa shape index (κ2) is 10.1. The van der Waals surface area contributed by atoms with Crippen LogP contribution in [0.1, 0.15) is 49.9 Å². The minimum absolute atomic E-state index is 0.586. The van der Waals surface area contributed by atoms with Crippen molar-refractivity contribution in [2.45, 2.75) is 53.4 Å². The van der Waals surface area contributed by atoms with Crippen LogP contribution in [0.15, 0.2) is 52.5 Å². The van der Waals surface area contributed by atoms with Gasteiger partial charge in [0.25, 0.3) is 0 Å². The minimum Gasteiger partial charge on any atom is -0.230 e. The van der Waals surface area contributed by atoms with Gasteiger partial charge < -0.3 is 0 Å². The van der Waals surface area contributed by atoms with Gasteiger partial charge >= 0.3 is 0 Å². The topological polar surface area (TPSA) is 32.7 Å². The van der Waals surface area contributed by atoms with Crippen LogP contribution in [0.5, 0.6) is 0 Å². The van der Waals surface area contributed by atoms with Crippen molar-refractivity contribution in [2.75, 3.05) is 6.54 Å². The summed E-state index contributed by atoms with van der Waals surface area (Å²) in [6, 6.07) is 14.0. The van der Waals surface area contributed by atoms with Crippen LogP contribution in [0.25, 0.3) is 0 Å². The Balaban J connectivity index is 0.00000151. The molecule has 3 nitrogen and oxygen atoms in total. The minimum atomic E-state index is -1.29. The van der Waals surface area contributed by atoms with Crippen LogP contribution in [0, 0.1) is 20.8 Å². The van der Waals surface area contributed by atoms with E-state index < -0.39 is 11.0 Å². The molecule has 0 N–H and O–H groups in total. The molecule has 0 amide bonds. The van der Waals surface area contributed by atoms with E-state index >= 15 is 0 Å². The maximum atomic E-state index is 12.8. The molecule has 2 aromatic rings. The summed E-state index contributed by atoms with van der Waals surface area (Å²) >= 11 is 0. The smallest absolute Gasteiger partial charge is 0.168 e. The molecule has 0 aliphatic heterocycles. The second-order valence-electron chi connectivity index (χ2n) is 5.68. The third kappa shape index (κ3) is 5.53. The molecule has 2 rings (SSSR count). The molecule has 0 saturated heterocycles. The Kier molecular flexibility index (Phi) is 8.56. The fourth-order valence-electron chi connectivity index (χ4n) is 2.60. The molecule has 2 aromatic carbocycles. The first-order chi connectivity index (χ1) is 11.9. The van der Waals surface area contributed by atoms with Gasteiger partial charge in [0.15, 0.2) is 11.0 Å². The van der Waals surface area contributed by atoms with Crippen LogP contribution in [0.4, 0.5) is 0 Å². The van der Waals surface area contributed by atoms with E-state index in [0.29, 0.717) is 6.54 Å². The highest BCUT2D eigenvalue weighted by molar-refractivity contribution is 7.82. The molecule has 1 atom stereocenters. The molecule has 0 aromatic heterocycles. The van der Waals surface area contributed by atoms with Gasteiger partial charge in [0.1, 0.15) is 0 Å². The molecular formula is C21H30N2OS. The van der Waals surface area contributed by atoms with Gasteiger partial charge in [-0.3, -0.25) is 0 Å². The van der Waals surface area contributed by atoms with Gasteiger partial charge in [0.2, 0.25) is 0 Å². The van der Waals surface area contributed by atoms with Crippen molar-refractivity contribution in [3.8, 4) is 0 Å². The molecule has 1 unspecified atom stereocenters. The van der Waals surface area contributed by atoms with Crippen LogP contribution < -0.4 is 0 Å². The lowest BCUT2D eigenvalue weighted by atomic mass is 10.00. The third-order valence-corrected chi connectivity index (χ3v) is 5.19. The summed E-state index contributed by atoms with van der Waals surface area (Å²) in [6.45, 7) is 14.7. The van der Waals surface area contributed by atoms with Crippen LogP contribution in [-0.4, -0.2) is 20.9 Å². The van der Waals surface area contributed by atoms with Crippen LogP contribution in [0.3, 0.4) is 0 Å². The predicted octanol–water partition coefficient (Wildman–Crippen LogP) is 5.41. The van der Waals surface area contributed by atoms with Crippen molar-refractivity contribution in [3.63, 3.8) is 0 Å². The Labute approximate surface area is 155 Å². The number of hydrogen-bond acceptors (Lipinski definition) is 2. The lowest BCUT2D eigenvalue weighted by Gasteiger charge is -2.18. The van der Waals surface area contributed by atoms with Gasteiger partial charge in [0, 0.05) is 12.1 Å². The Bertz CT molecular complexity index is 716. The summed E-state index contributed by atoms with van der Waals surface area (Å²) in [4.78, 5) is 0.774. The highest BCUT2D eigenvalue weighted by Crippen LogP contribution is 2.17. The number of hydrogen-bond donors (Lipinski definition) is 0. The Morgan fingerprint density at radius 1 is 1.00 bits per heavy atom. The summed E-state index contributed by atoms with van der Waals surface area (Å²) in [5.41, 5.74) is 5.55. The zero-order valence-corrected chi connectivity index (χ0v) is 17.3. The molecule has 0 radical (unpaired) electrons. The second-order valence-corrected chi connectivity index (χ2v) is 7.07. The third-order valence-electron chi connectivity index (χ3n) is 3.79. The maximum absolute atomic E-state index is 12.8. The summed E-state index contributed by atoms with van der Waals surface area (Å²) in [5, 5.41) is 4.64. The molecule has 0 fully saturated rings. The normalized spacial score (nSPS) is 12.2. The quantitative estimate of drug-likeness (QED) is 0.520. The first kappa shape index (κ1) is 21.1. The molecule has 0 spiro atoms. The van der Waals surface area contributed by atoms with E-state index in [2.05, 4.69) is 31.1 Å². The van der Waals surface area contributed by atoms with Crippen molar-refractivity contribution >= 4 is 16.7 Å². The van der Waals surface area contributed by atoms with E-state index in [1.165, 1.54) is 11.1 Å². The van der Waals surface area contributed by atoms with Crippen LogP contribution in [0.2, 0.25) is 0 Å². The average Bonchev–Trinajstić information content (AvgIpc) is 2.61. The SMILES string of the molecule is CC.CCN(/N=C(/C)c1c(C)cccc1C)S(=O)c1ccc(C)cc1. The van der Waals surface area contributed by atoms with Crippen molar-refractivity contribution in [1.82, 2.24) is 4.41 Å². The molecule has 25 heavy (non-hydrogen) atoms. The highest BCUT2D eigenvalue weighted by Gasteiger charge is 2.13. The van der Waals surface area contributed by atoms with Gasteiger partial charge in [-0.05, 0) is 57.9 Å². The molecule has 4 heteroatoms. The molecule has 0 heterocycles. The van der Waals surface area contributed by atoms with Gasteiger partial charge in [-0.2, -0.15) is 5.10 Å². The van der Waals surface area contributed by atoms with E-state index in [0.717, 1.165) is 21.7 Å². The lowest BCUT2D eigenvalue weighted by molar-refractivity contribution is 0.494. The monoisotopic (exact) mass is 358 g/mol. The Hall–Kier alpha value is -1.94. The van der Waals surface area contributed by atoms with Crippen LogP contribution >= 0.6 is 0 Å². The first-order valence-electron chi connectivity index (χ1n) is 8.82. The van der Waals surface area contributed by atoms with Crippen molar-refractivity contribution in [1.29, 1.82) is 0 Å². The van der Waals surface area contributed by atoms with E-state index in [4.69, 9.17) is 0 Å². The van der Waals surface area contributed by atoms with Crippen molar-refractivity contribution < 1.29 is 4.21 Å². The number of benzene rings is 2. The summed E-state index contributed by atoms with van der Waals surface area (Å²) in [6.07, 6.45) is 0. The Morgan fingerprint density at radius 3 is 2.00 bits per heavy atom. The zero-order valence-electron chi connectivity index (χ0n) is 16.5. The fourth-order valence-corrected chi connectivity index (χ4v) is 3.65. The molecule has 136 valence electrons. The van der Waals surface area contributed by atoms with Crippen molar-refractivity contribution in [2.24, 2.45) is 5.10 Å². The number of rotatable bonds is 5. The van der Waals surface area contributed by atoms with E-state index in [-0.39, 0.29) is 0 Å². The molecule has 0 aliphatic rings. The van der Waals surface area contributed by atoms with Gasteiger partial charge in [-0.1, -0.05) is 49.7 Å². The fraction of sp³-hybridized carbons (Fsp3) is 0.381. The zero-order chi connectivity index (χ0) is 19.0. The number of aryl methyl sites for hydroxylation is 3. The van der Waals surface area contributed by atoms with E-state index in [1.54, 1.807) is 4.41 Å². The molecule has 0 aliphatic carbocycles.